The van der Waals surface area contributed by atoms with Gasteiger partial charge >= 0.3 is 12.4 Å². The van der Waals surface area contributed by atoms with Gasteiger partial charge in [-0.25, -0.2) is 4.98 Å². The maximum Gasteiger partial charge on any atom is 0.421 e. The molecule has 0 aliphatic heterocycles. The highest BCUT2D eigenvalue weighted by Gasteiger charge is 2.48. The third kappa shape index (κ3) is 4.42. The van der Waals surface area contributed by atoms with E-state index in [1.807, 2.05) is 0 Å². The Labute approximate surface area is 167 Å². The van der Waals surface area contributed by atoms with Crippen LogP contribution in [0, 0.1) is 5.41 Å². The van der Waals surface area contributed by atoms with Gasteiger partial charge in [-0.05, 0) is 12.5 Å². The van der Waals surface area contributed by atoms with Gasteiger partial charge in [0.15, 0.2) is 0 Å². The van der Waals surface area contributed by atoms with Gasteiger partial charge in [-0.2, -0.15) is 31.3 Å². The third-order valence-electron chi connectivity index (χ3n) is 5.27. The highest BCUT2D eigenvalue weighted by Crippen LogP contribution is 2.43. The third-order valence-corrected chi connectivity index (χ3v) is 5.27. The number of hydrogen-bond acceptors (Lipinski definition) is 6. The van der Waals surface area contributed by atoms with Gasteiger partial charge in [0.25, 0.3) is 0 Å². The molecule has 12 heteroatoms. The van der Waals surface area contributed by atoms with Gasteiger partial charge in [0, 0.05) is 42.2 Å². The van der Waals surface area contributed by atoms with Gasteiger partial charge in [-0.3, -0.25) is 4.98 Å². The molecule has 3 N–H and O–H groups in total. The monoisotopic (exact) mass is 435 g/mol. The Hall–Kier alpha value is -2.63. The van der Waals surface area contributed by atoms with Crippen LogP contribution in [0.2, 0.25) is 0 Å². The number of anilines is 2. The smallest absolute Gasteiger partial charge is 0.392 e. The van der Waals surface area contributed by atoms with Crippen molar-refractivity contribution in [2.24, 2.45) is 5.41 Å². The van der Waals surface area contributed by atoms with Crippen molar-refractivity contribution in [2.75, 3.05) is 10.6 Å². The molecule has 30 heavy (non-hydrogen) atoms. The number of pyridine rings is 1. The summed E-state index contributed by atoms with van der Waals surface area (Å²) in [5, 5.41) is 15.0. The summed E-state index contributed by atoms with van der Waals surface area (Å²) in [4.78, 5) is 11.1. The summed E-state index contributed by atoms with van der Waals surface area (Å²) < 4.78 is 79.2. The molecule has 0 radical (unpaired) electrons. The first-order valence-corrected chi connectivity index (χ1v) is 8.93. The first-order valence-electron chi connectivity index (χ1n) is 8.93. The summed E-state index contributed by atoms with van der Waals surface area (Å²) in [6.07, 6.45) is -7.20. The number of nitrogens with one attached hydrogen (secondary N) is 2. The van der Waals surface area contributed by atoms with E-state index >= 15 is 0 Å². The summed E-state index contributed by atoms with van der Waals surface area (Å²) in [5.74, 6) is -0.785. The fourth-order valence-corrected chi connectivity index (χ4v) is 3.12. The number of aliphatic hydroxyl groups excluding tert-OH is 1. The number of nitrogens with zero attached hydrogens (tertiary/aromatic N) is 3. The first-order chi connectivity index (χ1) is 13.8. The molecule has 1 aliphatic rings. The standard InChI is InChI=1S/C18H19F6N5O/c1-16(2)12(5-13(16)30)28-14-11(18(22,23)24)8-27-15(29-14)26-7-9-6-25-4-3-10(9)17(19,20)21/h3-4,6,8,12-13,30H,5,7H2,1-2H3,(H2,26,27,28,29)/t12-,13+/m0/s1. The van der Waals surface area contributed by atoms with E-state index < -0.39 is 46.9 Å². The molecule has 2 aromatic heterocycles. The van der Waals surface area contributed by atoms with Gasteiger partial charge < -0.3 is 15.7 Å². The molecule has 1 saturated carbocycles. The topological polar surface area (TPSA) is 83.0 Å². The minimum absolute atomic E-state index is 0.203. The van der Waals surface area contributed by atoms with Crippen LogP contribution in [-0.4, -0.2) is 32.2 Å². The van der Waals surface area contributed by atoms with Gasteiger partial charge in [0.05, 0.1) is 11.7 Å². The normalized spacial score (nSPS) is 21.1. The van der Waals surface area contributed by atoms with Crippen molar-refractivity contribution in [3.8, 4) is 0 Å². The highest BCUT2D eigenvalue weighted by molar-refractivity contribution is 5.50. The number of rotatable bonds is 5. The second-order valence-electron chi connectivity index (χ2n) is 7.61. The number of aliphatic hydroxyl groups is 1. The molecule has 2 atom stereocenters. The van der Waals surface area contributed by atoms with Crippen LogP contribution in [0.15, 0.2) is 24.7 Å². The SMILES string of the molecule is CC1(C)[C@H](O)C[C@@H]1Nc1nc(NCc2cnccc2C(F)(F)F)ncc1C(F)(F)F. The zero-order valence-electron chi connectivity index (χ0n) is 15.9. The van der Waals surface area contributed by atoms with Crippen molar-refractivity contribution >= 4 is 11.8 Å². The lowest BCUT2D eigenvalue weighted by Gasteiger charge is -2.49. The molecule has 0 unspecified atom stereocenters. The van der Waals surface area contributed by atoms with E-state index in [4.69, 9.17) is 0 Å². The molecule has 0 amide bonds. The van der Waals surface area contributed by atoms with E-state index in [9.17, 15) is 31.4 Å². The van der Waals surface area contributed by atoms with Crippen LogP contribution in [0.3, 0.4) is 0 Å². The van der Waals surface area contributed by atoms with Gasteiger partial charge in [-0.1, -0.05) is 13.8 Å². The Morgan fingerprint density at radius 3 is 2.33 bits per heavy atom. The van der Waals surface area contributed by atoms with E-state index in [-0.39, 0.29) is 24.5 Å². The molecule has 0 bridgehead atoms. The lowest BCUT2D eigenvalue weighted by molar-refractivity contribution is -0.138. The Bertz CT molecular complexity index is 915. The summed E-state index contributed by atoms with van der Waals surface area (Å²) >= 11 is 0. The molecule has 0 saturated heterocycles. The van der Waals surface area contributed by atoms with Crippen molar-refractivity contribution in [1.29, 1.82) is 0 Å². The van der Waals surface area contributed by atoms with Crippen LogP contribution in [0.25, 0.3) is 0 Å². The molecular formula is C18H19F6N5O. The molecule has 3 rings (SSSR count). The van der Waals surface area contributed by atoms with Crippen LogP contribution < -0.4 is 10.6 Å². The summed E-state index contributed by atoms with van der Waals surface area (Å²) in [6, 6.07) is 0.341. The quantitative estimate of drug-likeness (QED) is 0.614. The van der Waals surface area contributed by atoms with Crippen molar-refractivity contribution < 1.29 is 31.4 Å². The largest absolute Gasteiger partial charge is 0.421 e. The van der Waals surface area contributed by atoms with Crippen LogP contribution >= 0.6 is 0 Å². The van der Waals surface area contributed by atoms with Crippen LogP contribution in [0.4, 0.5) is 38.1 Å². The predicted octanol–water partition coefficient (Wildman–Crippen LogP) is 4.09. The van der Waals surface area contributed by atoms with Crippen molar-refractivity contribution in [3.63, 3.8) is 0 Å². The highest BCUT2D eigenvalue weighted by atomic mass is 19.4. The molecule has 2 aromatic rings. The fourth-order valence-electron chi connectivity index (χ4n) is 3.12. The van der Waals surface area contributed by atoms with E-state index in [1.165, 1.54) is 0 Å². The lowest BCUT2D eigenvalue weighted by atomic mass is 9.64. The zero-order chi connectivity index (χ0) is 22.3. The van der Waals surface area contributed by atoms with E-state index in [0.29, 0.717) is 6.20 Å². The molecule has 6 nitrogen and oxygen atoms in total. The van der Waals surface area contributed by atoms with Gasteiger partial charge in [0.1, 0.15) is 11.4 Å². The average Bonchev–Trinajstić information content (AvgIpc) is 2.65. The molecule has 164 valence electrons. The summed E-state index contributed by atoms with van der Waals surface area (Å²) in [6.45, 7) is 3.02. The Kier molecular flexibility index (Phi) is 5.56. The maximum atomic E-state index is 13.3. The summed E-state index contributed by atoms with van der Waals surface area (Å²) in [7, 11) is 0. The van der Waals surface area contributed by atoms with Crippen molar-refractivity contribution in [1.82, 2.24) is 15.0 Å². The molecule has 0 aromatic carbocycles. The second kappa shape index (κ2) is 7.56. The Morgan fingerprint density at radius 1 is 1.10 bits per heavy atom. The maximum absolute atomic E-state index is 13.3. The zero-order valence-corrected chi connectivity index (χ0v) is 15.9. The molecule has 1 aliphatic carbocycles. The Morgan fingerprint density at radius 2 is 1.77 bits per heavy atom. The Balaban J connectivity index is 1.84. The number of aromatic nitrogens is 3. The number of hydrogen-bond donors (Lipinski definition) is 3. The van der Waals surface area contributed by atoms with Gasteiger partial charge in [-0.15, -0.1) is 0 Å². The minimum Gasteiger partial charge on any atom is -0.392 e. The van der Waals surface area contributed by atoms with Crippen LogP contribution in [0.1, 0.15) is 37.0 Å². The molecular weight excluding hydrogens is 416 g/mol. The molecule has 1 fully saturated rings. The first kappa shape index (κ1) is 22.1. The number of alkyl halides is 6. The summed E-state index contributed by atoms with van der Waals surface area (Å²) in [5.41, 5.74) is -2.90. The molecule has 0 spiro atoms. The fraction of sp³-hybridized carbons (Fsp3) is 0.500. The minimum atomic E-state index is -4.74. The van der Waals surface area contributed by atoms with Crippen LogP contribution in [-0.2, 0) is 18.9 Å². The molecule has 2 heterocycles. The van der Waals surface area contributed by atoms with Gasteiger partial charge in [0.2, 0.25) is 5.95 Å². The van der Waals surface area contributed by atoms with E-state index in [1.54, 1.807) is 13.8 Å². The lowest BCUT2D eigenvalue weighted by Crippen LogP contribution is -2.57. The average molecular weight is 435 g/mol. The van der Waals surface area contributed by atoms with Crippen molar-refractivity contribution in [2.45, 2.75) is 51.3 Å². The van der Waals surface area contributed by atoms with E-state index in [2.05, 4.69) is 25.6 Å². The van der Waals surface area contributed by atoms with Crippen molar-refractivity contribution in [3.05, 3.63) is 41.3 Å². The van der Waals surface area contributed by atoms with Crippen LogP contribution in [0.5, 0.6) is 0 Å². The predicted molar refractivity (Wildman–Crippen MR) is 95.4 cm³/mol. The van der Waals surface area contributed by atoms with E-state index in [0.717, 1.165) is 18.5 Å². The number of halogens is 6. The second-order valence-corrected chi connectivity index (χ2v) is 7.61.